The highest BCUT2D eigenvalue weighted by Gasteiger charge is 2.61. The van der Waals surface area contributed by atoms with Crippen LogP contribution in [0.15, 0.2) is 60.7 Å². The van der Waals surface area contributed by atoms with Crippen LogP contribution in [0.25, 0.3) is 0 Å². The van der Waals surface area contributed by atoms with Gasteiger partial charge in [-0.1, -0.05) is 81.4 Å². The molecule has 1 N–H and O–H groups in total. The van der Waals surface area contributed by atoms with Gasteiger partial charge in [0.05, 0.1) is 0 Å². The van der Waals surface area contributed by atoms with Crippen LogP contribution in [-0.4, -0.2) is 20.5 Å². The molecule has 1 aliphatic carbocycles. The first-order valence-corrected chi connectivity index (χ1v) is 9.07. The van der Waals surface area contributed by atoms with Crippen LogP contribution in [0.1, 0.15) is 44.7 Å². The predicted molar refractivity (Wildman–Crippen MR) is 94.4 cm³/mol. The molecular formula is C20H24O2Si. The zero-order chi connectivity index (χ0) is 16.6. The molecule has 0 atom stereocenters. The first-order chi connectivity index (χ1) is 10.9. The maximum atomic E-state index is 11.2. The van der Waals surface area contributed by atoms with E-state index >= 15 is 0 Å². The smallest absolute Gasteiger partial charge is 0.237 e. The Labute approximate surface area is 141 Å². The average Bonchev–Trinajstić information content (AvgIpc) is 3.28. The van der Waals surface area contributed by atoms with Crippen molar-refractivity contribution in [1.82, 2.24) is 0 Å². The van der Waals surface area contributed by atoms with E-state index in [1.54, 1.807) is 0 Å². The fourth-order valence-corrected chi connectivity index (χ4v) is 3.85. The Morgan fingerprint density at radius 2 is 1.30 bits per heavy atom. The number of hydrogen-bond donors (Lipinski definition) is 1. The third-order valence-electron chi connectivity index (χ3n) is 4.25. The van der Waals surface area contributed by atoms with E-state index in [9.17, 15) is 5.11 Å². The van der Waals surface area contributed by atoms with Gasteiger partial charge in [0.2, 0.25) is 9.76 Å². The second-order valence-electron chi connectivity index (χ2n) is 7.40. The molecule has 2 aromatic carbocycles. The van der Waals surface area contributed by atoms with Crippen molar-refractivity contribution in [3.8, 4) is 0 Å². The molecule has 0 heterocycles. The van der Waals surface area contributed by atoms with E-state index in [4.69, 9.17) is 4.43 Å². The molecule has 2 aromatic rings. The van der Waals surface area contributed by atoms with Gasteiger partial charge >= 0.3 is 0 Å². The minimum absolute atomic E-state index is 0.0556. The lowest BCUT2D eigenvalue weighted by molar-refractivity contribution is -0.0500. The van der Waals surface area contributed by atoms with E-state index in [1.165, 1.54) is 0 Å². The number of benzene rings is 2. The summed E-state index contributed by atoms with van der Waals surface area (Å²) in [5, 5.41) is 11.3. The molecule has 120 valence electrons. The summed E-state index contributed by atoms with van der Waals surface area (Å²) in [6, 6.07) is 20.3. The largest absolute Gasteiger partial charge is 0.401 e. The number of aliphatic hydroxyl groups is 1. The SMILES string of the molecule is CC(C)(C)[Si]OC(c1ccccc1)(c1ccccc1)C1(O)CC1. The summed E-state index contributed by atoms with van der Waals surface area (Å²) in [4.78, 5) is 0. The van der Waals surface area contributed by atoms with Crippen LogP contribution >= 0.6 is 0 Å². The molecule has 0 spiro atoms. The fraction of sp³-hybridized carbons (Fsp3) is 0.400. The number of hydrogen-bond acceptors (Lipinski definition) is 2. The Balaban J connectivity index is 2.14. The van der Waals surface area contributed by atoms with Crippen molar-refractivity contribution in [3.63, 3.8) is 0 Å². The summed E-state index contributed by atoms with van der Waals surface area (Å²) in [6.07, 6.45) is 1.54. The van der Waals surface area contributed by atoms with Crippen molar-refractivity contribution >= 4 is 9.76 Å². The molecule has 1 aliphatic rings. The van der Waals surface area contributed by atoms with Crippen LogP contribution in [0.5, 0.6) is 0 Å². The lowest BCUT2D eigenvalue weighted by Crippen LogP contribution is -2.47. The Morgan fingerprint density at radius 3 is 1.65 bits per heavy atom. The van der Waals surface area contributed by atoms with Crippen LogP contribution in [0, 0.1) is 0 Å². The van der Waals surface area contributed by atoms with E-state index in [1.807, 2.05) is 36.4 Å². The first kappa shape index (κ1) is 16.4. The van der Waals surface area contributed by atoms with Crippen molar-refractivity contribution in [2.75, 3.05) is 0 Å². The zero-order valence-electron chi connectivity index (χ0n) is 14.0. The van der Waals surface area contributed by atoms with Crippen LogP contribution in [0.3, 0.4) is 0 Å². The van der Waals surface area contributed by atoms with Gasteiger partial charge in [-0.25, -0.2) is 0 Å². The second kappa shape index (κ2) is 5.89. The molecule has 23 heavy (non-hydrogen) atoms. The lowest BCUT2D eigenvalue weighted by atomic mass is 9.80. The molecule has 3 rings (SSSR count). The average molecular weight is 324 g/mol. The molecule has 0 aliphatic heterocycles. The normalized spacial score (nSPS) is 17.0. The van der Waals surface area contributed by atoms with E-state index < -0.39 is 11.2 Å². The van der Waals surface area contributed by atoms with Gasteiger partial charge in [0, 0.05) is 0 Å². The van der Waals surface area contributed by atoms with Crippen molar-refractivity contribution in [2.45, 2.75) is 49.9 Å². The Bertz CT molecular complexity index is 603. The highest BCUT2D eigenvalue weighted by molar-refractivity contribution is 6.32. The van der Waals surface area contributed by atoms with Crippen molar-refractivity contribution in [1.29, 1.82) is 0 Å². The molecule has 0 unspecified atom stereocenters. The monoisotopic (exact) mass is 324 g/mol. The molecule has 0 saturated heterocycles. The van der Waals surface area contributed by atoms with Crippen molar-refractivity contribution < 1.29 is 9.53 Å². The minimum atomic E-state index is -0.825. The third kappa shape index (κ3) is 3.14. The predicted octanol–water partition coefficient (Wildman–Crippen LogP) is 4.31. The van der Waals surface area contributed by atoms with Crippen molar-refractivity contribution in [2.24, 2.45) is 0 Å². The summed E-state index contributed by atoms with van der Waals surface area (Å²) < 4.78 is 6.57. The van der Waals surface area contributed by atoms with Crippen LogP contribution in [-0.2, 0) is 10.0 Å². The van der Waals surface area contributed by atoms with Gasteiger partial charge in [-0.3, -0.25) is 0 Å². The molecule has 0 amide bonds. The maximum Gasteiger partial charge on any atom is 0.237 e. The summed E-state index contributed by atoms with van der Waals surface area (Å²) in [5.41, 5.74) is 0.445. The Morgan fingerprint density at radius 1 is 0.870 bits per heavy atom. The van der Waals surface area contributed by atoms with Gasteiger partial charge in [0.1, 0.15) is 11.2 Å². The molecule has 1 saturated carbocycles. The molecule has 2 radical (unpaired) electrons. The van der Waals surface area contributed by atoms with E-state index in [-0.39, 0.29) is 5.04 Å². The second-order valence-corrected chi connectivity index (χ2v) is 9.31. The van der Waals surface area contributed by atoms with E-state index in [0.717, 1.165) is 24.0 Å². The quantitative estimate of drug-likeness (QED) is 0.831. The molecule has 2 nitrogen and oxygen atoms in total. The van der Waals surface area contributed by atoms with Crippen LogP contribution in [0.4, 0.5) is 0 Å². The van der Waals surface area contributed by atoms with Gasteiger partial charge < -0.3 is 9.53 Å². The fourth-order valence-electron chi connectivity index (χ4n) is 2.96. The van der Waals surface area contributed by atoms with Gasteiger partial charge in [0.25, 0.3) is 0 Å². The van der Waals surface area contributed by atoms with E-state index in [2.05, 4.69) is 45.0 Å². The van der Waals surface area contributed by atoms with Gasteiger partial charge in [-0.2, -0.15) is 0 Å². The highest BCUT2D eigenvalue weighted by atomic mass is 28.2. The standard InChI is InChI=1S/C20H24O2Si/c1-18(2,3)23-22-20(19(21)14-15-19,16-10-6-4-7-11-16)17-12-8-5-9-13-17/h4-13,21H,14-15H2,1-3H3. The van der Waals surface area contributed by atoms with Crippen molar-refractivity contribution in [3.05, 3.63) is 71.8 Å². The summed E-state index contributed by atoms with van der Waals surface area (Å²) in [7, 11) is 0.298. The number of rotatable bonds is 5. The molecule has 0 aromatic heterocycles. The minimum Gasteiger partial charge on any atom is -0.401 e. The third-order valence-corrected chi connectivity index (χ3v) is 5.27. The maximum absolute atomic E-state index is 11.2. The highest BCUT2D eigenvalue weighted by Crippen LogP contribution is 2.56. The van der Waals surface area contributed by atoms with Gasteiger partial charge in [-0.05, 0) is 29.0 Å². The molecule has 1 fully saturated rings. The topological polar surface area (TPSA) is 29.5 Å². The van der Waals surface area contributed by atoms with Crippen LogP contribution < -0.4 is 0 Å². The molecule has 0 bridgehead atoms. The lowest BCUT2D eigenvalue weighted by Gasteiger charge is -2.41. The van der Waals surface area contributed by atoms with E-state index in [0.29, 0.717) is 9.76 Å². The first-order valence-electron chi connectivity index (χ1n) is 8.16. The zero-order valence-corrected chi connectivity index (χ0v) is 15.0. The van der Waals surface area contributed by atoms with Gasteiger partial charge in [0.15, 0.2) is 0 Å². The molecule has 3 heteroatoms. The Hall–Kier alpha value is -1.42. The molecular weight excluding hydrogens is 300 g/mol. The van der Waals surface area contributed by atoms with Gasteiger partial charge in [-0.15, -0.1) is 0 Å². The summed E-state index contributed by atoms with van der Waals surface area (Å²) in [6.45, 7) is 6.51. The summed E-state index contributed by atoms with van der Waals surface area (Å²) >= 11 is 0. The Kier molecular flexibility index (Phi) is 4.21. The summed E-state index contributed by atoms with van der Waals surface area (Å²) in [5.74, 6) is 0. The van der Waals surface area contributed by atoms with Crippen LogP contribution in [0.2, 0.25) is 5.04 Å².